The summed E-state index contributed by atoms with van der Waals surface area (Å²) in [6, 6.07) is 6.77. The summed E-state index contributed by atoms with van der Waals surface area (Å²) in [5.74, 6) is 0. The molecule has 0 spiro atoms. The molecule has 0 bridgehead atoms. The van der Waals surface area contributed by atoms with E-state index in [1.54, 1.807) is 24.3 Å². The molecule has 0 heterocycles. The highest BCUT2D eigenvalue weighted by Crippen LogP contribution is 2.14. The van der Waals surface area contributed by atoms with Gasteiger partial charge in [-0.05, 0) is 39.1 Å². The molecule has 108 valence electrons. The third kappa shape index (κ3) is 4.60. The van der Waals surface area contributed by atoms with Gasteiger partial charge in [0, 0.05) is 6.04 Å². The number of likely N-dealkylation sites (N-methyl/N-ethyl adjacent to an activating group) is 1. The van der Waals surface area contributed by atoms with Crippen molar-refractivity contribution in [3.8, 4) is 0 Å². The molecule has 1 aromatic rings. The largest absolute Gasteiger partial charge is 0.299 e. The fraction of sp³-hybridized carbons (Fsp3) is 0.571. The summed E-state index contributed by atoms with van der Waals surface area (Å²) < 4.78 is 29.1. The summed E-state index contributed by atoms with van der Waals surface area (Å²) in [5.41, 5.74) is 1.02. The zero-order valence-corrected chi connectivity index (χ0v) is 12.9. The molecule has 0 saturated carbocycles. The molecule has 0 aliphatic carbocycles. The molecule has 1 atom stereocenters. The fourth-order valence-corrected chi connectivity index (χ4v) is 2.89. The molecule has 0 amide bonds. The monoisotopic (exact) mass is 285 g/mol. The van der Waals surface area contributed by atoms with Gasteiger partial charge in [-0.1, -0.05) is 31.5 Å². The molecule has 19 heavy (non-hydrogen) atoms. The highest BCUT2D eigenvalue weighted by Gasteiger charge is 2.18. The lowest BCUT2D eigenvalue weighted by Gasteiger charge is -2.25. The zero-order chi connectivity index (χ0) is 14.5. The van der Waals surface area contributed by atoms with Crippen LogP contribution in [-0.4, -0.2) is 39.1 Å². The first-order valence-corrected chi connectivity index (χ1v) is 8.01. The van der Waals surface area contributed by atoms with Gasteiger partial charge in [0.05, 0.1) is 11.5 Å². The number of nitrogens with zero attached hydrogens (tertiary/aromatic N) is 1. The molecule has 1 rings (SSSR count). The van der Waals surface area contributed by atoms with Crippen LogP contribution in [0.3, 0.4) is 0 Å². The maximum atomic E-state index is 12.0. The van der Waals surface area contributed by atoms with Crippen molar-refractivity contribution in [1.82, 2.24) is 4.90 Å². The molecular formula is C14H23NO3S. The second kappa shape index (κ2) is 7.03. The van der Waals surface area contributed by atoms with Crippen LogP contribution >= 0.6 is 0 Å². The predicted molar refractivity (Wildman–Crippen MR) is 76.7 cm³/mol. The Morgan fingerprint density at radius 3 is 2.16 bits per heavy atom. The van der Waals surface area contributed by atoms with E-state index in [1.807, 2.05) is 13.8 Å². The van der Waals surface area contributed by atoms with Crippen molar-refractivity contribution in [1.29, 1.82) is 0 Å². The van der Waals surface area contributed by atoms with Crippen molar-refractivity contribution >= 4 is 10.1 Å². The second-order valence-electron chi connectivity index (χ2n) is 4.62. The van der Waals surface area contributed by atoms with Gasteiger partial charge in [-0.2, -0.15) is 8.42 Å². The molecule has 0 radical (unpaired) electrons. The Balaban J connectivity index is 2.68. The number of rotatable bonds is 7. The van der Waals surface area contributed by atoms with Crippen LogP contribution in [0.4, 0.5) is 0 Å². The van der Waals surface area contributed by atoms with Gasteiger partial charge in [0.2, 0.25) is 0 Å². The van der Waals surface area contributed by atoms with Crippen molar-refractivity contribution in [2.75, 3.05) is 19.7 Å². The Kier molecular flexibility index (Phi) is 5.97. The average molecular weight is 285 g/mol. The number of aryl methyl sites for hydroxylation is 1. The minimum atomic E-state index is -3.65. The Morgan fingerprint density at radius 2 is 1.68 bits per heavy atom. The number of benzene rings is 1. The van der Waals surface area contributed by atoms with Gasteiger partial charge in [-0.3, -0.25) is 9.08 Å². The molecule has 0 aliphatic rings. The smallest absolute Gasteiger partial charge is 0.297 e. The quantitative estimate of drug-likeness (QED) is 0.722. The van der Waals surface area contributed by atoms with Gasteiger partial charge in [-0.25, -0.2) is 0 Å². The van der Waals surface area contributed by atoms with Crippen LogP contribution in [0.25, 0.3) is 0 Å². The zero-order valence-electron chi connectivity index (χ0n) is 12.1. The van der Waals surface area contributed by atoms with E-state index in [4.69, 9.17) is 4.18 Å². The first kappa shape index (κ1) is 16.1. The molecule has 0 aliphatic heterocycles. The average Bonchev–Trinajstić information content (AvgIpc) is 2.38. The Bertz CT molecular complexity index is 478. The SMILES string of the molecule is CCN(CC)C(C)COS(=O)(=O)c1ccc(C)cc1. The van der Waals surface area contributed by atoms with Crippen molar-refractivity contribution in [2.24, 2.45) is 0 Å². The molecular weight excluding hydrogens is 262 g/mol. The summed E-state index contributed by atoms with van der Waals surface area (Å²) in [6.07, 6.45) is 0. The molecule has 4 nitrogen and oxygen atoms in total. The summed E-state index contributed by atoms with van der Waals surface area (Å²) in [6.45, 7) is 9.93. The molecule has 1 unspecified atom stereocenters. The third-order valence-corrected chi connectivity index (χ3v) is 4.51. The van der Waals surface area contributed by atoms with Crippen LogP contribution in [0.15, 0.2) is 29.2 Å². The van der Waals surface area contributed by atoms with Gasteiger partial charge in [-0.15, -0.1) is 0 Å². The molecule has 0 aromatic heterocycles. The first-order chi connectivity index (χ1) is 8.90. The Hall–Kier alpha value is -0.910. The Morgan fingerprint density at radius 1 is 1.16 bits per heavy atom. The lowest BCUT2D eigenvalue weighted by atomic mass is 10.2. The summed E-state index contributed by atoms with van der Waals surface area (Å²) in [4.78, 5) is 2.37. The van der Waals surface area contributed by atoms with Crippen LogP contribution < -0.4 is 0 Å². The van der Waals surface area contributed by atoms with Gasteiger partial charge in [0.1, 0.15) is 0 Å². The highest BCUT2D eigenvalue weighted by molar-refractivity contribution is 7.86. The highest BCUT2D eigenvalue weighted by atomic mass is 32.2. The Labute approximate surface area is 116 Å². The van der Waals surface area contributed by atoms with Crippen molar-refractivity contribution in [2.45, 2.75) is 38.6 Å². The molecule has 0 fully saturated rings. The maximum Gasteiger partial charge on any atom is 0.297 e. The van der Waals surface area contributed by atoms with Gasteiger partial charge < -0.3 is 0 Å². The van der Waals surface area contributed by atoms with E-state index in [2.05, 4.69) is 18.7 Å². The van der Waals surface area contributed by atoms with Crippen molar-refractivity contribution < 1.29 is 12.6 Å². The van der Waals surface area contributed by atoms with Crippen molar-refractivity contribution in [3.63, 3.8) is 0 Å². The van der Waals surface area contributed by atoms with Crippen LogP contribution in [0.5, 0.6) is 0 Å². The standard InChI is InChI=1S/C14H23NO3S/c1-5-15(6-2)13(4)11-18-19(16,17)14-9-7-12(3)8-10-14/h7-10,13H,5-6,11H2,1-4H3. The molecule has 0 saturated heterocycles. The topological polar surface area (TPSA) is 46.6 Å². The summed E-state index contributed by atoms with van der Waals surface area (Å²) >= 11 is 0. The number of hydrogen-bond acceptors (Lipinski definition) is 4. The lowest BCUT2D eigenvalue weighted by molar-refractivity contribution is 0.161. The van der Waals surface area contributed by atoms with E-state index in [0.717, 1.165) is 18.7 Å². The third-order valence-electron chi connectivity index (χ3n) is 3.21. The van der Waals surface area contributed by atoms with E-state index in [0.29, 0.717) is 0 Å². The predicted octanol–water partition coefficient (Wildman–Crippen LogP) is 2.43. The molecule has 0 N–H and O–H groups in total. The van der Waals surface area contributed by atoms with E-state index in [9.17, 15) is 8.42 Å². The van der Waals surface area contributed by atoms with Crippen LogP contribution in [0, 0.1) is 6.92 Å². The summed E-state index contributed by atoms with van der Waals surface area (Å²) in [7, 11) is -3.65. The van der Waals surface area contributed by atoms with E-state index in [1.165, 1.54) is 0 Å². The fourth-order valence-electron chi connectivity index (χ4n) is 1.91. The molecule has 1 aromatic carbocycles. The van der Waals surface area contributed by atoms with Crippen molar-refractivity contribution in [3.05, 3.63) is 29.8 Å². The first-order valence-electron chi connectivity index (χ1n) is 6.60. The van der Waals surface area contributed by atoms with Crippen LogP contribution in [0.2, 0.25) is 0 Å². The minimum Gasteiger partial charge on any atom is -0.299 e. The number of hydrogen-bond donors (Lipinski definition) is 0. The lowest BCUT2D eigenvalue weighted by Crippen LogP contribution is -2.36. The van der Waals surface area contributed by atoms with Crippen LogP contribution in [-0.2, 0) is 14.3 Å². The van der Waals surface area contributed by atoms with Gasteiger partial charge in [0.15, 0.2) is 0 Å². The van der Waals surface area contributed by atoms with Crippen LogP contribution in [0.1, 0.15) is 26.3 Å². The molecule has 5 heteroatoms. The van der Waals surface area contributed by atoms with E-state index >= 15 is 0 Å². The normalized spacial score (nSPS) is 13.7. The second-order valence-corrected chi connectivity index (χ2v) is 6.24. The minimum absolute atomic E-state index is 0.0789. The van der Waals surface area contributed by atoms with E-state index in [-0.39, 0.29) is 17.5 Å². The van der Waals surface area contributed by atoms with Gasteiger partial charge in [0.25, 0.3) is 10.1 Å². The maximum absolute atomic E-state index is 12.0. The van der Waals surface area contributed by atoms with E-state index < -0.39 is 10.1 Å². The summed E-state index contributed by atoms with van der Waals surface area (Å²) in [5, 5.41) is 0. The van der Waals surface area contributed by atoms with Gasteiger partial charge >= 0.3 is 0 Å².